The molecule has 1 fully saturated rings. The molecule has 3 rings (SSSR count). The smallest absolute Gasteiger partial charge is 0.275 e. The number of aromatic nitrogens is 1. The Balaban J connectivity index is 1.83. The van der Waals surface area contributed by atoms with Gasteiger partial charge < -0.3 is 10.6 Å². The summed E-state index contributed by atoms with van der Waals surface area (Å²) in [7, 11) is 0. The molecule has 2 N–H and O–H groups in total. The Labute approximate surface area is 128 Å². The minimum Gasteiger partial charge on any atom is -0.397 e. The van der Waals surface area contributed by atoms with Crippen LogP contribution < -0.4 is 5.73 Å². The van der Waals surface area contributed by atoms with Gasteiger partial charge in [0.1, 0.15) is 0 Å². The van der Waals surface area contributed by atoms with Crippen molar-refractivity contribution in [3.63, 3.8) is 0 Å². The average molecular weight is 302 g/mol. The normalized spacial score (nSPS) is 14.0. The van der Waals surface area contributed by atoms with Crippen LogP contribution >= 0.6 is 11.6 Å². The first-order valence-corrected chi connectivity index (χ1v) is 7.29. The predicted molar refractivity (Wildman–Crippen MR) is 83.0 cm³/mol. The van der Waals surface area contributed by atoms with Gasteiger partial charge in [0.05, 0.1) is 5.69 Å². The summed E-state index contributed by atoms with van der Waals surface area (Å²) >= 11 is 5.90. The Bertz CT molecular complexity index is 653. The lowest BCUT2D eigenvalue weighted by molar-refractivity contribution is 0.0725. The molecule has 0 radical (unpaired) electrons. The van der Waals surface area contributed by atoms with E-state index < -0.39 is 0 Å². The van der Waals surface area contributed by atoms with E-state index >= 15 is 0 Å². The van der Waals surface area contributed by atoms with Crippen LogP contribution in [0.1, 0.15) is 28.9 Å². The van der Waals surface area contributed by atoms with Crippen LogP contribution in [0.3, 0.4) is 0 Å². The second kappa shape index (κ2) is 5.74. The molecule has 5 heteroatoms. The van der Waals surface area contributed by atoms with Crippen molar-refractivity contribution in [3.8, 4) is 0 Å². The molecule has 4 nitrogen and oxygen atoms in total. The lowest BCUT2D eigenvalue weighted by Crippen LogP contribution is -2.33. The summed E-state index contributed by atoms with van der Waals surface area (Å²) in [6, 6.07) is 11.3. The third kappa shape index (κ3) is 3.16. The number of halogens is 1. The van der Waals surface area contributed by atoms with Gasteiger partial charge in [0.2, 0.25) is 0 Å². The van der Waals surface area contributed by atoms with Gasteiger partial charge in [0.25, 0.3) is 5.91 Å². The quantitative estimate of drug-likeness (QED) is 0.944. The third-order valence-electron chi connectivity index (χ3n) is 3.56. The highest BCUT2D eigenvalue weighted by molar-refractivity contribution is 6.30. The summed E-state index contributed by atoms with van der Waals surface area (Å²) in [4.78, 5) is 18.7. The molecule has 1 aliphatic rings. The molecule has 1 aromatic heterocycles. The average Bonchev–Trinajstić information content (AvgIpc) is 3.31. The summed E-state index contributed by atoms with van der Waals surface area (Å²) in [5.74, 6) is -0.106. The van der Waals surface area contributed by atoms with Crippen LogP contribution in [0.25, 0.3) is 0 Å². The number of pyridine rings is 1. The molecule has 21 heavy (non-hydrogen) atoms. The zero-order valence-electron chi connectivity index (χ0n) is 11.5. The standard InChI is InChI=1S/C16H16ClN3O/c17-12-5-3-11(4-6-12)10-20(13-7-8-13)16(21)15-14(18)2-1-9-19-15/h1-6,9,13H,7-8,10,18H2. The fourth-order valence-electron chi connectivity index (χ4n) is 2.27. The highest BCUT2D eigenvalue weighted by atomic mass is 35.5. The molecule has 1 aliphatic carbocycles. The van der Waals surface area contributed by atoms with E-state index in [1.54, 1.807) is 18.3 Å². The first-order valence-electron chi connectivity index (χ1n) is 6.91. The summed E-state index contributed by atoms with van der Waals surface area (Å²) < 4.78 is 0. The maximum atomic E-state index is 12.7. The molecule has 1 amide bonds. The van der Waals surface area contributed by atoms with Crippen LogP contribution in [0, 0.1) is 0 Å². The van der Waals surface area contributed by atoms with Crippen LogP contribution in [0.15, 0.2) is 42.6 Å². The number of benzene rings is 1. The van der Waals surface area contributed by atoms with E-state index in [4.69, 9.17) is 17.3 Å². The van der Waals surface area contributed by atoms with E-state index in [0.717, 1.165) is 18.4 Å². The highest BCUT2D eigenvalue weighted by Crippen LogP contribution is 2.30. The van der Waals surface area contributed by atoms with Crippen molar-refractivity contribution in [2.45, 2.75) is 25.4 Å². The van der Waals surface area contributed by atoms with Crippen LogP contribution in [0.5, 0.6) is 0 Å². The van der Waals surface area contributed by atoms with Gasteiger partial charge in [0, 0.05) is 23.8 Å². The molecule has 0 saturated heterocycles. The van der Waals surface area contributed by atoms with Crippen molar-refractivity contribution in [3.05, 3.63) is 58.9 Å². The first-order chi connectivity index (χ1) is 10.1. The number of carbonyl (C=O) groups is 1. The maximum Gasteiger partial charge on any atom is 0.275 e. The Morgan fingerprint density at radius 2 is 2.00 bits per heavy atom. The molecule has 0 aliphatic heterocycles. The monoisotopic (exact) mass is 301 g/mol. The fraction of sp³-hybridized carbons (Fsp3) is 0.250. The second-order valence-corrected chi connectivity index (χ2v) is 5.67. The van der Waals surface area contributed by atoms with Crippen LogP contribution in [0.4, 0.5) is 5.69 Å². The van der Waals surface area contributed by atoms with Crippen molar-refractivity contribution in [1.82, 2.24) is 9.88 Å². The van der Waals surface area contributed by atoms with Gasteiger partial charge in [-0.1, -0.05) is 23.7 Å². The van der Waals surface area contributed by atoms with Crippen molar-refractivity contribution in [2.75, 3.05) is 5.73 Å². The lowest BCUT2D eigenvalue weighted by atomic mass is 10.2. The molecule has 0 spiro atoms. The second-order valence-electron chi connectivity index (χ2n) is 5.23. The SMILES string of the molecule is Nc1cccnc1C(=O)N(Cc1ccc(Cl)cc1)C1CC1. The molecule has 0 bridgehead atoms. The Morgan fingerprint density at radius 1 is 1.29 bits per heavy atom. The third-order valence-corrected chi connectivity index (χ3v) is 3.81. The molecule has 2 aromatic rings. The molecule has 0 unspecified atom stereocenters. The Kier molecular flexibility index (Phi) is 3.80. The molecular formula is C16H16ClN3O. The van der Waals surface area contributed by atoms with Gasteiger partial charge in [-0.2, -0.15) is 0 Å². The summed E-state index contributed by atoms with van der Waals surface area (Å²) in [5.41, 5.74) is 7.67. The van der Waals surface area contributed by atoms with E-state index in [1.165, 1.54) is 0 Å². The summed E-state index contributed by atoms with van der Waals surface area (Å²) in [6.45, 7) is 0.552. The molecule has 0 atom stereocenters. The lowest BCUT2D eigenvalue weighted by Gasteiger charge is -2.22. The van der Waals surface area contributed by atoms with Crippen molar-refractivity contribution >= 4 is 23.2 Å². The Morgan fingerprint density at radius 3 is 2.62 bits per heavy atom. The molecule has 1 aromatic carbocycles. The number of anilines is 1. The maximum absolute atomic E-state index is 12.7. The molecular weight excluding hydrogens is 286 g/mol. The number of amides is 1. The van der Waals surface area contributed by atoms with Gasteiger partial charge in [-0.05, 0) is 42.7 Å². The molecule has 1 heterocycles. The Hall–Kier alpha value is -2.07. The number of carbonyl (C=O) groups excluding carboxylic acids is 1. The van der Waals surface area contributed by atoms with E-state index in [2.05, 4.69) is 4.98 Å². The van der Waals surface area contributed by atoms with Crippen LogP contribution in [0.2, 0.25) is 5.02 Å². The van der Waals surface area contributed by atoms with E-state index in [9.17, 15) is 4.79 Å². The molecule has 108 valence electrons. The zero-order chi connectivity index (χ0) is 14.8. The minimum absolute atomic E-state index is 0.106. The van der Waals surface area contributed by atoms with Crippen molar-refractivity contribution in [1.29, 1.82) is 0 Å². The van der Waals surface area contributed by atoms with Crippen molar-refractivity contribution in [2.24, 2.45) is 0 Å². The van der Waals surface area contributed by atoms with Gasteiger partial charge in [-0.25, -0.2) is 4.98 Å². The highest BCUT2D eigenvalue weighted by Gasteiger charge is 2.34. The fourth-order valence-corrected chi connectivity index (χ4v) is 2.40. The molecule has 1 saturated carbocycles. The summed E-state index contributed by atoms with van der Waals surface area (Å²) in [6.07, 6.45) is 3.66. The van der Waals surface area contributed by atoms with Gasteiger partial charge in [-0.15, -0.1) is 0 Å². The number of nitrogens with zero attached hydrogens (tertiary/aromatic N) is 2. The van der Waals surface area contributed by atoms with Gasteiger partial charge in [-0.3, -0.25) is 4.79 Å². The van der Waals surface area contributed by atoms with Gasteiger partial charge >= 0.3 is 0 Å². The van der Waals surface area contributed by atoms with Crippen molar-refractivity contribution < 1.29 is 4.79 Å². The topological polar surface area (TPSA) is 59.2 Å². The number of nitrogen functional groups attached to an aromatic ring is 1. The predicted octanol–water partition coefficient (Wildman–Crippen LogP) is 3.12. The van der Waals surface area contributed by atoms with E-state index in [0.29, 0.717) is 22.9 Å². The number of rotatable bonds is 4. The number of hydrogen-bond donors (Lipinski definition) is 1. The zero-order valence-corrected chi connectivity index (χ0v) is 12.3. The number of nitrogens with two attached hydrogens (primary N) is 1. The number of hydrogen-bond acceptors (Lipinski definition) is 3. The van der Waals surface area contributed by atoms with E-state index in [1.807, 2.05) is 29.2 Å². The summed E-state index contributed by atoms with van der Waals surface area (Å²) in [5, 5.41) is 0.692. The first kappa shape index (κ1) is 13.9. The van der Waals surface area contributed by atoms with Crippen LogP contribution in [-0.4, -0.2) is 21.8 Å². The largest absolute Gasteiger partial charge is 0.397 e. The van der Waals surface area contributed by atoms with Crippen LogP contribution in [-0.2, 0) is 6.54 Å². The minimum atomic E-state index is -0.106. The van der Waals surface area contributed by atoms with E-state index in [-0.39, 0.29) is 11.9 Å². The van der Waals surface area contributed by atoms with Gasteiger partial charge in [0.15, 0.2) is 5.69 Å².